The number of hydrogen-bond donors (Lipinski definition) is 2. The van der Waals surface area contributed by atoms with Gasteiger partial charge in [0.15, 0.2) is 0 Å². The topological polar surface area (TPSA) is 78.5 Å². The predicted molar refractivity (Wildman–Crippen MR) is 106 cm³/mol. The zero-order chi connectivity index (χ0) is 17.9. The van der Waals surface area contributed by atoms with E-state index in [-0.39, 0.29) is 24.1 Å². The quantitative estimate of drug-likeness (QED) is 0.793. The summed E-state index contributed by atoms with van der Waals surface area (Å²) < 4.78 is 26.4. The lowest BCUT2D eigenvalue weighted by atomic mass is 9.92. The number of anilines is 1. The van der Waals surface area contributed by atoms with Crippen LogP contribution in [-0.2, 0) is 10.0 Å². The Kier molecular flexibility index (Phi) is 7.32. The molecule has 0 bridgehead atoms. The fourth-order valence-electron chi connectivity index (χ4n) is 3.82. The number of carbonyl (C=O) groups excluding carboxylic acids is 1. The third-order valence-corrected chi connectivity index (χ3v) is 6.65. The highest BCUT2D eigenvalue weighted by atomic mass is 35.5. The first kappa shape index (κ1) is 21.0. The molecule has 2 N–H and O–H groups in total. The molecule has 146 valence electrons. The summed E-state index contributed by atoms with van der Waals surface area (Å²) in [7, 11) is -3.35. The van der Waals surface area contributed by atoms with E-state index in [4.69, 9.17) is 0 Å². The number of carbonyl (C=O) groups is 1. The van der Waals surface area contributed by atoms with Crippen LogP contribution in [0.4, 0.5) is 5.69 Å². The lowest BCUT2D eigenvalue weighted by Gasteiger charge is -2.21. The highest BCUT2D eigenvalue weighted by Gasteiger charge is 2.31. The van der Waals surface area contributed by atoms with Gasteiger partial charge in [0.25, 0.3) is 5.91 Å². The molecular weight excluding hydrogens is 374 g/mol. The molecule has 2 atom stereocenters. The first-order chi connectivity index (χ1) is 12.0. The van der Waals surface area contributed by atoms with Crippen molar-refractivity contribution < 1.29 is 13.2 Å². The maximum atomic E-state index is 12.8. The van der Waals surface area contributed by atoms with Gasteiger partial charge in [0, 0.05) is 24.3 Å². The van der Waals surface area contributed by atoms with Gasteiger partial charge in [-0.05, 0) is 62.4 Å². The Morgan fingerprint density at radius 2 is 1.88 bits per heavy atom. The fraction of sp³-hybridized carbons (Fsp3) is 0.611. The zero-order valence-electron chi connectivity index (χ0n) is 15.1. The van der Waals surface area contributed by atoms with Crippen molar-refractivity contribution in [2.75, 3.05) is 36.7 Å². The summed E-state index contributed by atoms with van der Waals surface area (Å²) in [6.45, 7) is 5.48. The number of halogens is 1. The van der Waals surface area contributed by atoms with E-state index < -0.39 is 10.0 Å². The van der Waals surface area contributed by atoms with Gasteiger partial charge in [-0.1, -0.05) is 13.0 Å². The van der Waals surface area contributed by atoms with Crippen molar-refractivity contribution in [3.05, 3.63) is 29.8 Å². The van der Waals surface area contributed by atoms with E-state index >= 15 is 0 Å². The third-order valence-electron chi connectivity index (χ3n) is 5.16. The van der Waals surface area contributed by atoms with Crippen LogP contribution in [0.3, 0.4) is 0 Å². The Labute approximate surface area is 162 Å². The molecule has 8 heteroatoms. The molecule has 2 saturated heterocycles. The molecule has 3 rings (SSSR count). The summed E-state index contributed by atoms with van der Waals surface area (Å²) in [5.41, 5.74) is 0.997. The van der Waals surface area contributed by atoms with Crippen LogP contribution in [0.5, 0.6) is 0 Å². The number of hydrogen-bond acceptors (Lipinski definition) is 4. The number of nitrogens with one attached hydrogen (secondary N) is 2. The fourth-order valence-corrected chi connectivity index (χ4v) is 4.94. The van der Waals surface area contributed by atoms with Gasteiger partial charge < -0.3 is 10.2 Å². The average Bonchev–Trinajstić information content (AvgIpc) is 2.92. The molecule has 0 saturated carbocycles. The van der Waals surface area contributed by atoms with Crippen LogP contribution < -0.4 is 10.0 Å². The Bertz CT molecular complexity index is 712. The number of nitrogens with zero attached hydrogens (tertiary/aromatic N) is 1. The lowest BCUT2D eigenvalue weighted by Crippen LogP contribution is -2.32. The minimum atomic E-state index is -3.35. The standard InChI is InChI=1S/C18H27N3O3S.ClH/c1-2-10-25(23,24)20-17-5-3-4-14(11-17)18(22)21-8-6-15-12-19-13-16(15)7-9-21;/h3-5,11,15-16,19-20H,2,6-10,12-13H2,1H3;1H/t15-,16+;. The summed E-state index contributed by atoms with van der Waals surface area (Å²) in [4.78, 5) is 14.8. The van der Waals surface area contributed by atoms with Gasteiger partial charge in [0.2, 0.25) is 10.0 Å². The summed E-state index contributed by atoms with van der Waals surface area (Å²) in [6.07, 6.45) is 2.62. The van der Waals surface area contributed by atoms with Crippen LogP contribution in [0.1, 0.15) is 36.5 Å². The van der Waals surface area contributed by atoms with E-state index in [9.17, 15) is 13.2 Å². The van der Waals surface area contributed by atoms with Crippen LogP contribution in [0.2, 0.25) is 0 Å². The van der Waals surface area contributed by atoms with E-state index in [1.165, 1.54) is 0 Å². The molecule has 0 spiro atoms. The monoisotopic (exact) mass is 401 g/mol. The maximum Gasteiger partial charge on any atom is 0.253 e. The largest absolute Gasteiger partial charge is 0.339 e. The number of sulfonamides is 1. The minimum absolute atomic E-state index is 0. The van der Waals surface area contributed by atoms with Crippen molar-refractivity contribution in [2.24, 2.45) is 11.8 Å². The van der Waals surface area contributed by atoms with Crippen molar-refractivity contribution in [1.82, 2.24) is 10.2 Å². The summed E-state index contributed by atoms with van der Waals surface area (Å²) >= 11 is 0. The molecule has 2 aliphatic rings. The molecule has 2 fully saturated rings. The lowest BCUT2D eigenvalue weighted by molar-refractivity contribution is 0.0758. The Morgan fingerprint density at radius 3 is 2.50 bits per heavy atom. The SMILES string of the molecule is CCCS(=O)(=O)Nc1cccc(C(=O)N2CC[C@@H]3CNC[C@@H]3CC2)c1.Cl. The number of fused-ring (bicyclic) bond motifs is 1. The molecule has 2 heterocycles. The highest BCUT2D eigenvalue weighted by molar-refractivity contribution is 7.92. The molecular formula is C18H28ClN3O3S. The molecule has 1 aromatic rings. The molecule has 0 unspecified atom stereocenters. The van der Waals surface area contributed by atoms with E-state index in [2.05, 4.69) is 10.0 Å². The van der Waals surface area contributed by atoms with Crippen molar-refractivity contribution in [1.29, 1.82) is 0 Å². The Hall–Kier alpha value is -1.31. The van der Waals surface area contributed by atoms with Gasteiger partial charge >= 0.3 is 0 Å². The van der Waals surface area contributed by atoms with Gasteiger partial charge in [0.05, 0.1) is 5.75 Å². The molecule has 1 amide bonds. The van der Waals surface area contributed by atoms with Crippen molar-refractivity contribution in [3.8, 4) is 0 Å². The zero-order valence-corrected chi connectivity index (χ0v) is 16.7. The molecule has 2 aliphatic heterocycles. The minimum Gasteiger partial charge on any atom is -0.339 e. The average molecular weight is 402 g/mol. The third kappa shape index (κ3) is 5.11. The van der Waals surface area contributed by atoms with Crippen molar-refractivity contribution in [2.45, 2.75) is 26.2 Å². The number of benzene rings is 1. The van der Waals surface area contributed by atoms with Gasteiger partial charge in [0.1, 0.15) is 0 Å². The molecule has 0 radical (unpaired) electrons. The van der Waals surface area contributed by atoms with Crippen LogP contribution >= 0.6 is 12.4 Å². The van der Waals surface area contributed by atoms with Crippen LogP contribution in [-0.4, -0.2) is 51.2 Å². The molecule has 1 aromatic carbocycles. The number of likely N-dealkylation sites (tertiary alicyclic amines) is 1. The molecule has 0 aromatic heterocycles. The smallest absolute Gasteiger partial charge is 0.253 e. The highest BCUT2D eigenvalue weighted by Crippen LogP contribution is 2.28. The van der Waals surface area contributed by atoms with Gasteiger partial charge in [-0.25, -0.2) is 8.42 Å². The van der Waals surface area contributed by atoms with E-state index in [0.29, 0.717) is 29.5 Å². The normalized spacial score (nSPS) is 22.9. The Balaban J connectivity index is 0.00000243. The van der Waals surface area contributed by atoms with Crippen LogP contribution in [0, 0.1) is 11.8 Å². The molecule has 0 aliphatic carbocycles. The second-order valence-corrected chi connectivity index (χ2v) is 8.89. The summed E-state index contributed by atoms with van der Waals surface area (Å²) in [5.74, 6) is 1.41. The maximum absolute atomic E-state index is 12.8. The summed E-state index contributed by atoms with van der Waals surface area (Å²) in [5, 5.41) is 3.44. The van der Waals surface area contributed by atoms with Gasteiger partial charge in [-0.15, -0.1) is 12.4 Å². The first-order valence-electron chi connectivity index (χ1n) is 9.09. The van der Waals surface area contributed by atoms with Gasteiger partial charge in [-0.3, -0.25) is 9.52 Å². The second kappa shape index (κ2) is 9.06. The number of rotatable bonds is 5. The van der Waals surface area contributed by atoms with E-state index in [1.54, 1.807) is 24.3 Å². The van der Waals surface area contributed by atoms with Crippen LogP contribution in [0.25, 0.3) is 0 Å². The molecule has 6 nitrogen and oxygen atoms in total. The molecule has 26 heavy (non-hydrogen) atoms. The second-order valence-electron chi connectivity index (χ2n) is 7.05. The first-order valence-corrected chi connectivity index (χ1v) is 10.7. The van der Waals surface area contributed by atoms with Crippen molar-refractivity contribution in [3.63, 3.8) is 0 Å². The van der Waals surface area contributed by atoms with Gasteiger partial charge in [-0.2, -0.15) is 0 Å². The van der Waals surface area contributed by atoms with Crippen molar-refractivity contribution >= 4 is 34.0 Å². The van der Waals surface area contributed by atoms with E-state index in [0.717, 1.165) is 39.0 Å². The van der Waals surface area contributed by atoms with Crippen LogP contribution in [0.15, 0.2) is 24.3 Å². The predicted octanol–water partition coefficient (Wildman–Crippen LogP) is 2.33. The number of amides is 1. The summed E-state index contributed by atoms with van der Waals surface area (Å²) in [6, 6.07) is 6.81. The van der Waals surface area contributed by atoms with E-state index in [1.807, 2.05) is 11.8 Å². The Morgan fingerprint density at radius 1 is 1.23 bits per heavy atom.